The monoisotopic (exact) mass is 243 g/mol. The van der Waals surface area contributed by atoms with E-state index in [1.807, 2.05) is 0 Å². The Morgan fingerprint density at radius 1 is 1.53 bits per heavy atom. The molecule has 0 aliphatic heterocycles. The van der Waals surface area contributed by atoms with Gasteiger partial charge in [-0.15, -0.1) is 5.10 Å². The number of hydrogen-bond acceptors (Lipinski definition) is 5. The molecule has 0 amide bonds. The van der Waals surface area contributed by atoms with Crippen LogP contribution in [0.15, 0.2) is 6.20 Å². The Balaban J connectivity index is 2.22. The van der Waals surface area contributed by atoms with Gasteiger partial charge in [-0.25, -0.2) is 4.68 Å². The molecule has 1 rings (SSSR count). The molecule has 0 aliphatic carbocycles. The van der Waals surface area contributed by atoms with Gasteiger partial charge < -0.3 is 14.9 Å². The highest BCUT2D eigenvalue weighted by molar-refractivity contribution is 4.92. The van der Waals surface area contributed by atoms with Crippen LogP contribution in [-0.4, -0.2) is 51.1 Å². The molecule has 1 unspecified atom stereocenters. The van der Waals surface area contributed by atoms with Gasteiger partial charge >= 0.3 is 0 Å². The van der Waals surface area contributed by atoms with Gasteiger partial charge in [-0.2, -0.15) is 0 Å². The molecule has 6 nitrogen and oxygen atoms in total. The van der Waals surface area contributed by atoms with Gasteiger partial charge in [-0.1, -0.05) is 18.6 Å². The lowest BCUT2D eigenvalue weighted by Gasteiger charge is -2.10. The van der Waals surface area contributed by atoms with E-state index in [9.17, 15) is 5.11 Å². The Labute approximate surface area is 101 Å². The van der Waals surface area contributed by atoms with E-state index in [1.165, 1.54) is 0 Å². The summed E-state index contributed by atoms with van der Waals surface area (Å²) in [6.07, 6.45) is 3.74. The number of aliphatic hydroxyl groups excluding tert-OH is 2. The standard InChI is InChI=1S/C11H21N3O3/c1-2-3-6-17-9-11(16)8-14-7-10(4-5-15)12-13-14/h7,11,15-16H,2-6,8-9H2,1H3. The number of rotatable bonds is 9. The molecule has 1 aromatic rings. The van der Waals surface area contributed by atoms with Crippen LogP contribution in [0.2, 0.25) is 0 Å². The molecule has 0 saturated carbocycles. The van der Waals surface area contributed by atoms with Crippen LogP contribution in [0.5, 0.6) is 0 Å². The first-order chi connectivity index (χ1) is 8.26. The van der Waals surface area contributed by atoms with Gasteiger partial charge in [0.15, 0.2) is 0 Å². The van der Waals surface area contributed by atoms with Crippen molar-refractivity contribution in [2.75, 3.05) is 19.8 Å². The quantitative estimate of drug-likeness (QED) is 0.596. The zero-order valence-electron chi connectivity index (χ0n) is 10.2. The second-order valence-corrected chi connectivity index (χ2v) is 3.99. The van der Waals surface area contributed by atoms with Gasteiger partial charge in [-0.3, -0.25) is 0 Å². The molecular formula is C11H21N3O3. The highest BCUT2D eigenvalue weighted by Gasteiger charge is 2.07. The zero-order chi connectivity index (χ0) is 12.5. The maximum absolute atomic E-state index is 9.68. The number of ether oxygens (including phenoxy) is 1. The van der Waals surface area contributed by atoms with E-state index >= 15 is 0 Å². The fraction of sp³-hybridized carbons (Fsp3) is 0.818. The molecule has 1 aromatic heterocycles. The van der Waals surface area contributed by atoms with Crippen molar-refractivity contribution in [3.05, 3.63) is 11.9 Å². The second kappa shape index (κ2) is 8.16. The van der Waals surface area contributed by atoms with Crippen molar-refractivity contribution in [2.45, 2.75) is 38.8 Å². The van der Waals surface area contributed by atoms with E-state index in [0.29, 0.717) is 26.2 Å². The Hall–Kier alpha value is -0.980. The molecular weight excluding hydrogens is 222 g/mol. The minimum Gasteiger partial charge on any atom is -0.396 e. The van der Waals surface area contributed by atoms with Gasteiger partial charge in [0.2, 0.25) is 0 Å². The normalized spacial score (nSPS) is 12.9. The number of aromatic nitrogens is 3. The number of hydrogen-bond donors (Lipinski definition) is 2. The van der Waals surface area contributed by atoms with E-state index in [1.54, 1.807) is 10.9 Å². The van der Waals surface area contributed by atoms with Gasteiger partial charge in [0, 0.05) is 25.8 Å². The average molecular weight is 243 g/mol. The molecule has 0 radical (unpaired) electrons. The van der Waals surface area contributed by atoms with Crippen molar-refractivity contribution < 1.29 is 14.9 Å². The van der Waals surface area contributed by atoms with Crippen LogP contribution in [0.1, 0.15) is 25.5 Å². The molecule has 0 aliphatic rings. The van der Waals surface area contributed by atoms with Crippen LogP contribution < -0.4 is 0 Å². The number of nitrogens with zero attached hydrogens (tertiary/aromatic N) is 3. The van der Waals surface area contributed by atoms with E-state index in [-0.39, 0.29) is 6.61 Å². The fourth-order valence-electron chi connectivity index (χ4n) is 1.39. The molecule has 1 heterocycles. The summed E-state index contributed by atoms with van der Waals surface area (Å²) in [7, 11) is 0. The lowest BCUT2D eigenvalue weighted by atomic mass is 10.3. The third-order valence-corrected chi connectivity index (χ3v) is 2.30. The van der Waals surface area contributed by atoms with Crippen molar-refractivity contribution in [1.29, 1.82) is 0 Å². The highest BCUT2D eigenvalue weighted by Crippen LogP contribution is 1.97. The molecule has 6 heteroatoms. The summed E-state index contributed by atoms with van der Waals surface area (Å²) < 4.78 is 6.88. The Kier molecular flexibility index (Phi) is 6.76. The summed E-state index contributed by atoms with van der Waals surface area (Å²) in [4.78, 5) is 0. The third-order valence-electron chi connectivity index (χ3n) is 2.30. The Morgan fingerprint density at radius 2 is 2.35 bits per heavy atom. The first-order valence-electron chi connectivity index (χ1n) is 6.02. The van der Waals surface area contributed by atoms with Crippen LogP contribution >= 0.6 is 0 Å². The van der Waals surface area contributed by atoms with Crippen molar-refractivity contribution >= 4 is 0 Å². The van der Waals surface area contributed by atoms with Gasteiger partial charge in [-0.05, 0) is 6.42 Å². The zero-order valence-corrected chi connectivity index (χ0v) is 10.2. The summed E-state index contributed by atoms with van der Waals surface area (Å²) in [6.45, 7) is 3.51. The van der Waals surface area contributed by atoms with E-state index in [0.717, 1.165) is 18.5 Å². The average Bonchev–Trinajstić information content (AvgIpc) is 2.73. The molecule has 98 valence electrons. The van der Waals surface area contributed by atoms with E-state index < -0.39 is 6.10 Å². The second-order valence-electron chi connectivity index (χ2n) is 3.99. The minimum atomic E-state index is -0.574. The van der Waals surface area contributed by atoms with E-state index in [2.05, 4.69) is 17.2 Å². The van der Waals surface area contributed by atoms with Crippen molar-refractivity contribution in [2.24, 2.45) is 0 Å². The molecule has 0 fully saturated rings. The summed E-state index contributed by atoms with van der Waals surface area (Å²) >= 11 is 0. The summed E-state index contributed by atoms with van der Waals surface area (Å²) in [5, 5.41) is 26.1. The first-order valence-corrected chi connectivity index (χ1v) is 6.02. The van der Waals surface area contributed by atoms with Gasteiger partial charge in [0.1, 0.15) is 0 Å². The lowest BCUT2D eigenvalue weighted by Crippen LogP contribution is -2.22. The topological polar surface area (TPSA) is 80.4 Å². The van der Waals surface area contributed by atoms with E-state index in [4.69, 9.17) is 9.84 Å². The van der Waals surface area contributed by atoms with Crippen LogP contribution in [0, 0.1) is 0 Å². The largest absolute Gasteiger partial charge is 0.396 e. The molecule has 1 atom stereocenters. The molecule has 2 N–H and O–H groups in total. The lowest BCUT2D eigenvalue weighted by molar-refractivity contribution is 0.0251. The van der Waals surface area contributed by atoms with Crippen LogP contribution in [-0.2, 0) is 17.7 Å². The Bertz CT molecular complexity index is 304. The SMILES string of the molecule is CCCCOCC(O)Cn1cc(CCO)nn1. The predicted octanol–water partition coefficient (Wildman–Crippen LogP) is -0.00950. The summed E-state index contributed by atoms with van der Waals surface area (Å²) in [6, 6.07) is 0. The molecule has 17 heavy (non-hydrogen) atoms. The number of unbranched alkanes of at least 4 members (excludes halogenated alkanes) is 1. The maximum Gasteiger partial charge on any atom is 0.0969 e. The van der Waals surface area contributed by atoms with Gasteiger partial charge in [0.25, 0.3) is 0 Å². The molecule has 0 spiro atoms. The maximum atomic E-state index is 9.68. The first kappa shape index (κ1) is 14.1. The summed E-state index contributed by atoms with van der Waals surface area (Å²) in [5.41, 5.74) is 0.728. The highest BCUT2D eigenvalue weighted by atomic mass is 16.5. The predicted molar refractivity (Wildman–Crippen MR) is 62.5 cm³/mol. The van der Waals surface area contributed by atoms with Crippen LogP contribution in [0.4, 0.5) is 0 Å². The van der Waals surface area contributed by atoms with Crippen molar-refractivity contribution in [3.8, 4) is 0 Å². The smallest absolute Gasteiger partial charge is 0.0969 e. The van der Waals surface area contributed by atoms with Gasteiger partial charge in [0.05, 0.1) is 24.9 Å². The fourth-order valence-corrected chi connectivity index (χ4v) is 1.39. The molecule has 0 saturated heterocycles. The van der Waals surface area contributed by atoms with Crippen molar-refractivity contribution in [1.82, 2.24) is 15.0 Å². The molecule has 0 aromatic carbocycles. The summed E-state index contributed by atoms with van der Waals surface area (Å²) in [5.74, 6) is 0. The van der Waals surface area contributed by atoms with Crippen LogP contribution in [0.25, 0.3) is 0 Å². The van der Waals surface area contributed by atoms with Crippen LogP contribution in [0.3, 0.4) is 0 Å². The van der Waals surface area contributed by atoms with Crippen molar-refractivity contribution in [3.63, 3.8) is 0 Å². The Morgan fingerprint density at radius 3 is 3.06 bits per heavy atom. The molecule has 0 bridgehead atoms. The number of aliphatic hydroxyl groups is 2. The minimum absolute atomic E-state index is 0.0569. The third kappa shape index (κ3) is 5.76.